The molecule has 3 heterocycles. The van der Waals surface area contributed by atoms with Gasteiger partial charge in [-0.25, -0.2) is 14.8 Å². The van der Waals surface area contributed by atoms with Crippen molar-refractivity contribution < 1.29 is 9.90 Å². The summed E-state index contributed by atoms with van der Waals surface area (Å²) in [5.41, 5.74) is 0. The second kappa shape index (κ2) is 7.75. The van der Waals surface area contributed by atoms with Crippen LogP contribution < -0.4 is 10.2 Å². The van der Waals surface area contributed by atoms with E-state index in [4.69, 9.17) is 0 Å². The van der Waals surface area contributed by atoms with Crippen molar-refractivity contribution in [2.75, 3.05) is 49.5 Å². The Morgan fingerprint density at radius 1 is 1.08 bits per heavy atom. The fourth-order valence-electron chi connectivity index (χ4n) is 4.29. The molecule has 8 nitrogen and oxygen atoms in total. The number of amides is 2. The van der Waals surface area contributed by atoms with Crippen LogP contribution in [0, 0.1) is 0 Å². The highest BCUT2D eigenvalue weighted by molar-refractivity contribution is 5.88. The van der Waals surface area contributed by atoms with Crippen molar-refractivity contribution in [3.05, 3.63) is 12.4 Å². The Kier molecular flexibility index (Phi) is 5.21. The largest absolute Gasteiger partial charge is 0.391 e. The number of nitrogens with zero attached hydrogens (tertiary/aromatic N) is 5. The van der Waals surface area contributed by atoms with Gasteiger partial charge < -0.3 is 14.9 Å². The third-order valence-corrected chi connectivity index (χ3v) is 5.82. The Morgan fingerprint density at radius 3 is 2.54 bits per heavy atom. The van der Waals surface area contributed by atoms with Crippen LogP contribution in [-0.4, -0.2) is 82.3 Å². The monoisotopic (exact) mass is 360 g/mol. The molecule has 0 aromatic carbocycles. The van der Waals surface area contributed by atoms with E-state index in [2.05, 4.69) is 25.1 Å². The fourth-order valence-corrected chi connectivity index (χ4v) is 4.29. The molecule has 1 saturated carbocycles. The molecule has 142 valence electrons. The van der Waals surface area contributed by atoms with E-state index < -0.39 is 6.10 Å². The standard InChI is InChI=1S/C18H28N6O2/c25-15-5-6-24(12-15)18(26)21-16-11-17(20-13-19-16)23-9-7-22(8-10-23)14-3-1-2-4-14/h11,13-15,25H,1-10,12H2,(H,19,20,21,26). The number of piperazine rings is 1. The number of carbonyl (C=O) groups is 1. The van der Waals surface area contributed by atoms with Gasteiger partial charge in [0.15, 0.2) is 0 Å². The molecule has 1 aromatic rings. The number of aliphatic hydroxyl groups is 1. The maximum atomic E-state index is 12.3. The SMILES string of the molecule is O=C(Nc1cc(N2CCN(C3CCCC3)CC2)ncn1)N1CCC(O)C1. The van der Waals surface area contributed by atoms with Crippen molar-refractivity contribution in [1.29, 1.82) is 0 Å². The topological polar surface area (TPSA) is 84.8 Å². The molecule has 0 spiro atoms. The van der Waals surface area contributed by atoms with Crippen molar-refractivity contribution in [2.24, 2.45) is 0 Å². The van der Waals surface area contributed by atoms with Gasteiger partial charge in [-0.3, -0.25) is 10.2 Å². The lowest BCUT2D eigenvalue weighted by molar-refractivity contribution is 0.176. The zero-order chi connectivity index (χ0) is 17.9. The number of nitrogens with one attached hydrogen (secondary N) is 1. The van der Waals surface area contributed by atoms with Crippen LogP contribution in [0.15, 0.2) is 12.4 Å². The van der Waals surface area contributed by atoms with Crippen molar-refractivity contribution in [3.63, 3.8) is 0 Å². The molecule has 2 saturated heterocycles. The summed E-state index contributed by atoms with van der Waals surface area (Å²) < 4.78 is 0. The fraction of sp³-hybridized carbons (Fsp3) is 0.722. The van der Waals surface area contributed by atoms with Crippen LogP contribution in [-0.2, 0) is 0 Å². The van der Waals surface area contributed by atoms with Gasteiger partial charge in [0.05, 0.1) is 6.10 Å². The highest BCUT2D eigenvalue weighted by atomic mass is 16.3. The first kappa shape index (κ1) is 17.5. The van der Waals surface area contributed by atoms with Crippen molar-refractivity contribution in [1.82, 2.24) is 19.8 Å². The average Bonchev–Trinajstić information content (AvgIpc) is 3.34. The van der Waals surface area contributed by atoms with Gasteiger partial charge in [-0.15, -0.1) is 0 Å². The molecule has 8 heteroatoms. The molecule has 2 aliphatic heterocycles. The number of hydrogen-bond acceptors (Lipinski definition) is 6. The van der Waals surface area contributed by atoms with Crippen molar-refractivity contribution >= 4 is 17.7 Å². The van der Waals surface area contributed by atoms with E-state index >= 15 is 0 Å². The summed E-state index contributed by atoms with van der Waals surface area (Å²) in [5, 5.41) is 12.4. The molecule has 1 aliphatic carbocycles. The zero-order valence-corrected chi connectivity index (χ0v) is 15.2. The van der Waals surface area contributed by atoms with Crippen LogP contribution in [0.2, 0.25) is 0 Å². The molecule has 0 radical (unpaired) electrons. The van der Waals surface area contributed by atoms with Gasteiger partial charge in [0.2, 0.25) is 0 Å². The second-order valence-electron chi connectivity index (χ2n) is 7.54. The first-order valence-corrected chi connectivity index (χ1v) is 9.74. The van der Waals surface area contributed by atoms with Crippen LogP contribution >= 0.6 is 0 Å². The molecule has 1 aromatic heterocycles. The number of rotatable bonds is 3. The van der Waals surface area contributed by atoms with Gasteiger partial charge in [0.25, 0.3) is 0 Å². The highest BCUT2D eigenvalue weighted by Gasteiger charge is 2.27. The van der Waals surface area contributed by atoms with E-state index in [9.17, 15) is 9.90 Å². The predicted molar refractivity (Wildman–Crippen MR) is 99.3 cm³/mol. The maximum Gasteiger partial charge on any atom is 0.323 e. The average molecular weight is 360 g/mol. The summed E-state index contributed by atoms with van der Waals surface area (Å²) in [6.07, 6.45) is 7.14. The number of carbonyl (C=O) groups excluding carboxylic acids is 1. The molecular formula is C18H28N6O2. The third-order valence-electron chi connectivity index (χ3n) is 5.82. The van der Waals surface area contributed by atoms with Crippen molar-refractivity contribution in [2.45, 2.75) is 44.2 Å². The van der Waals surface area contributed by atoms with Crippen LogP contribution in [0.5, 0.6) is 0 Å². The summed E-state index contributed by atoms with van der Waals surface area (Å²) in [7, 11) is 0. The van der Waals surface area contributed by atoms with E-state index in [1.165, 1.54) is 32.0 Å². The summed E-state index contributed by atoms with van der Waals surface area (Å²) in [4.78, 5) is 27.3. The lowest BCUT2D eigenvalue weighted by Crippen LogP contribution is -2.50. The predicted octanol–water partition coefficient (Wildman–Crippen LogP) is 1.14. The van der Waals surface area contributed by atoms with Gasteiger partial charge in [0.1, 0.15) is 18.0 Å². The molecule has 3 fully saturated rings. The number of aliphatic hydroxyl groups excluding tert-OH is 1. The number of likely N-dealkylation sites (tertiary alicyclic amines) is 1. The molecule has 1 unspecified atom stereocenters. The first-order chi connectivity index (χ1) is 12.7. The number of hydrogen-bond donors (Lipinski definition) is 2. The van der Waals surface area contributed by atoms with Gasteiger partial charge >= 0.3 is 6.03 Å². The summed E-state index contributed by atoms with van der Waals surface area (Å²) in [6.45, 7) is 5.02. The second-order valence-corrected chi connectivity index (χ2v) is 7.54. The maximum absolute atomic E-state index is 12.3. The van der Waals surface area contributed by atoms with E-state index in [1.54, 1.807) is 4.90 Å². The molecule has 26 heavy (non-hydrogen) atoms. The molecule has 2 amide bonds. The Labute approximate surface area is 154 Å². The number of aromatic nitrogens is 2. The van der Waals surface area contributed by atoms with Gasteiger partial charge in [-0.1, -0.05) is 12.8 Å². The minimum absolute atomic E-state index is 0.211. The smallest absolute Gasteiger partial charge is 0.323 e. The summed E-state index contributed by atoms with van der Waals surface area (Å²) in [6, 6.07) is 2.40. The summed E-state index contributed by atoms with van der Waals surface area (Å²) in [5.74, 6) is 1.38. The van der Waals surface area contributed by atoms with Crippen LogP contribution in [0.3, 0.4) is 0 Å². The van der Waals surface area contributed by atoms with Crippen molar-refractivity contribution in [3.8, 4) is 0 Å². The van der Waals surface area contributed by atoms with Crippen LogP contribution in [0.25, 0.3) is 0 Å². The summed E-state index contributed by atoms with van der Waals surface area (Å²) >= 11 is 0. The number of urea groups is 1. The quantitative estimate of drug-likeness (QED) is 0.841. The van der Waals surface area contributed by atoms with Gasteiger partial charge in [-0.2, -0.15) is 0 Å². The Balaban J connectivity index is 1.33. The first-order valence-electron chi connectivity index (χ1n) is 9.74. The van der Waals surface area contributed by atoms with E-state index in [0.29, 0.717) is 25.3 Å². The molecule has 0 bridgehead atoms. The lowest BCUT2D eigenvalue weighted by atomic mass is 10.2. The molecular weight excluding hydrogens is 332 g/mol. The molecule has 1 atom stereocenters. The Morgan fingerprint density at radius 2 is 1.85 bits per heavy atom. The third kappa shape index (κ3) is 3.91. The Bertz CT molecular complexity index is 628. The number of β-amino-alcohol motifs (C(OH)–C–C–N with tert-alkyl or cyclic N) is 1. The molecule has 4 rings (SSSR count). The van der Waals surface area contributed by atoms with Gasteiger partial charge in [0, 0.05) is 51.4 Å². The normalized spacial score (nSPS) is 25.0. The highest BCUT2D eigenvalue weighted by Crippen LogP contribution is 2.25. The van der Waals surface area contributed by atoms with Crippen LogP contribution in [0.1, 0.15) is 32.1 Å². The van der Waals surface area contributed by atoms with E-state index in [-0.39, 0.29) is 6.03 Å². The number of anilines is 2. The lowest BCUT2D eigenvalue weighted by Gasteiger charge is -2.38. The molecule has 3 aliphatic rings. The minimum Gasteiger partial charge on any atom is -0.391 e. The van der Waals surface area contributed by atoms with Gasteiger partial charge in [-0.05, 0) is 19.3 Å². The minimum atomic E-state index is -0.419. The van der Waals surface area contributed by atoms with E-state index in [1.807, 2.05) is 6.07 Å². The zero-order valence-electron chi connectivity index (χ0n) is 15.2. The Hall–Kier alpha value is -1.93. The van der Waals surface area contributed by atoms with Crippen LogP contribution in [0.4, 0.5) is 16.4 Å². The van der Waals surface area contributed by atoms with E-state index in [0.717, 1.165) is 38.0 Å². The molecule has 2 N–H and O–H groups in total.